The summed E-state index contributed by atoms with van der Waals surface area (Å²) in [5.41, 5.74) is 2.82. The van der Waals surface area contributed by atoms with Crippen molar-refractivity contribution in [1.82, 2.24) is 5.32 Å². The molecule has 0 saturated carbocycles. The van der Waals surface area contributed by atoms with Crippen molar-refractivity contribution in [2.45, 2.75) is 6.04 Å². The van der Waals surface area contributed by atoms with Gasteiger partial charge < -0.3 is 10.1 Å². The highest BCUT2D eigenvalue weighted by molar-refractivity contribution is 9.10. The van der Waals surface area contributed by atoms with E-state index in [-0.39, 0.29) is 24.5 Å². The minimum absolute atomic E-state index is 0.0181. The molecule has 0 bridgehead atoms. The number of ether oxygens (including phenoxy) is 1. The van der Waals surface area contributed by atoms with Crippen LogP contribution in [0, 0.1) is 0 Å². The van der Waals surface area contributed by atoms with E-state index in [0.717, 1.165) is 15.6 Å². The molecule has 0 aliphatic heterocycles. The molecule has 0 spiro atoms. The fourth-order valence-corrected chi connectivity index (χ4v) is 3.59. The van der Waals surface area contributed by atoms with Crippen LogP contribution < -0.4 is 10.6 Å². The van der Waals surface area contributed by atoms with Gasteiger partial charge in [-0.05, 0) is 47.5 Å². The Morgan fingerprint density at radius 1 is 1.03 bits per heavy atom. The van der Waals surface area contributed by atoms with Crippen molar-refractivity contribution >= 4 is 45.1 Å². The molecule has 0 aromatic heterocycles. The molecule has 0 heterocycles. The number of esters is 1. The molecule has 0 fully saturated rings. The average Bonchev–Trinajstić information content (AvgIpc) is 2.76. The van der Waals surface area contributed by atoms with Gasteiger partial charge in [-0.25, -0.2) is 0 Å². The molecule has 0 unspecified atom stereocenters. The molecule has 3 rings (SSSR count). The quantitative estimate of drug-likeness (QED) is 0.449. The maximum absolute atomic E-state index is 12.8. The molecule has 1 amide bonds. The van der Waals surface area contributed by atoms with Crippen LogP contribution >= 0.6 is 27.5 Å². The zero-order valence-corrected chi connectivity index (χ0v) is 18.5. The third-order valence-corrected chi connectivity index (χ3v) is 5.20. The SMILES string of the molecule is COC(=O)CN[C@H](c1ccccc1)c1cc(Br)ccc1NC(=O)c1cccc(Cl)c1. The Balaban J connectivity index is 1.97. The van der Waals surface area contributed by atoms with Crippen LogP contribution in [-0.2, 0) is 9.53 Å². The number of rotatable bonds is 7. The first kappa shape index (κ1) is 22.0. The van der Waals surface area contributed by atoms with Crippen molar-refractivity contribution in [2.24, 2.45) is 0 Å². The summed E-state index contributed by atoms with van der Waals surface area (Å²) in [6.07, 6.45) is 0. The molecule has 30 heavy (non-hydrogen) atoms. The lowest BCUT2D eigenvalue weighted by Crippen LogP contribution is -2.30. The molecule has 0 aliphatic carbocycles. The molecule has 0 radical (unpaired) electrons. The summed E-state index contributed by atoms with van der Waals surface area (Å²) in [7, 11) is 1.34. The standard InChI is InChI=1S/C23H20BrClN2O3/c1-30-21(28)14-26-22(15-6-3-2-4-7-15)19-13-17(24)10-11-20(19)27-23(29)16-8-5-9-18(25)12-16/h2-13,22,26H,14H2,1H3,(H,27,29)/t22-/m1/s1. The number of benzene rings is 3. The van der Waals surface area contributed by atoms with Gasteiger partial charge in [0, 0.05) is 20.7 Å². The largest absolute Gasteiger partial charge is 0.468 e. The van der Waals surface area contributed by atoms with Crippen molar-refractivity contribution < 1.29 is 14.3 Å². The molecule has 0 aliphatic rings. The second kappa shape index (κ2) is 10.4. The molecule has 2 N–H and O–H groups in total. The summed E-state index contributed by atoms with van der Waals surface area (Å²) < 4.78 is 5.61. The third-order valence-electron chi connectivity index (χ3n) is 4.47. The van der Waals surface area contributed by atoms with Gasteiger partial charge in [-0.1, -0.05) is 63.9 Å². The lowest BCUT2D eigenvalue weighted by Gasteiger charge is -2.23. The molecule has 5 nitrogen and oxygen atoms in total. The van der Waals surface area contributed by atoms with Gasteiger partial charge in [-0.2, -0.15) is 0 Å². The van der Waals surface area contributed by atoms with Crippen LogP contribution in [-0.4, -0.2) is 25.5 Å². The Labute approximate surface area is 188 Å². The topological polar surface area (TPSA) is 67.4 Å². The van der Waals surface area contributed by atoms with E-state index in [1.165, 1.54) is 7.11 Å². The van der Waals surface area contributed by atoms with E-state index >= 15 is 0 Å². The van der Waals surface area contributed by atoms with Crippen LogP contribution in [0.2, 0.25) is 5.02 Å². The number of methoxy groups -OCH3 is 1. The van der Waals surface area contributed by atoms with Crippen LogP contribution in [0.5, 0.6) is 0 Å². The highest BCUT2D eigenvalue weighted by Gasteiger charge is 2.20. The van der Waals surface area contributed by atoms with Gasteiger partial charge in [-0.15, -0.1) is 0 Å². The number of carbonyl (C=O) groups excluding carboxylic acids is 2. The van der Waals surface area contributed by atoms with Gasteiger partial charge in [0.05, 0.1) is 19.7 Å². The summed E-state index contributed by atoms with van der Waals surface area (Å²) in [5, 5.41) is 6.67. The van der Waals surface area contributed by atoms with Gasteiger partial charge in [0.25, 0.3) is 5.91 Å². The van der Waals surface area contributed by atoms with Crippen LogP contribution in [0.25, 0.3) is 0 Å². The smallest absolute Gasteiger partial charge is 0.319 e. The van der Waals surface area contributed by atoms with Crippen molar-refractivity contribution in [3.63, 3.8) is 0 Å². The molecule has 3 aromatic rings. The first-order chi connectivity index (χ1) is 14.5. The summed E-state index contributed by atoms with van der Waals surface area (Å²) in [6.45, 7) is 0.0181. The van der Waals surface area contributed by atoms with E-state index in [1.807, 2.05) is 48.5 Å². The van der Waals surface area contributed by atoms with Crippen LogP contribution in [0.3, 0.4) is 0 Å². The van der Waals surface area contributed by atoms with E-state index in [0.29, 0.717) is 16.3 Å². The normalized spacial score (nSPS) is 11.6. The average molecular weight is 488 g/mol. The molecule has 0 saturated heterocycles. The lowest BCUT2D eigenvalue weighted by atomic mass is 9.96. The summed E-state index contributed by atoms with van der Waals surface area (Å²) in [4.78, 5) is 24.5. The van der Waals surface area contributed by atoms with Crippen molar-refractivity contribution in [3.8, 4) is 0 Å². The van der Waals surface area contributed by atoms with Crippen LogP contribution in [0.15, 0.2) is 77.3 Å². The molecular weight excluding hydrogens is 468 g/mol. The maximum atomic E-state index is 12.8. The fourth-order valence-electron chi connectivity index (χ4n) is 3.02. The van der Waals surface area contributed by atoms with E-state index < -0.39 is 0 Å². The number of hydrogen-bond donors (Lipinski definition) is 2. The van der Waals surface area contributed by atoms with E-state index in [1.54, 1.807) is 24.3 Å². The predicted octanol–water partition coefficient (Wildman–Crippen LogP) is 5.21. The fraction of sp³-hybridized carbons (Fsp3) is 0.130. The van der Waals surface area contributed by atoms with E-state index in [4.69, 9.17) is 16.3 Å². The highest BCUT2D eigenvalue weighted by atomic mass is 79.9. The van der Waals surface area contributed by atoms with Gasteiger partial charge >= 0.3 is 5.97 Å². The van der Waals surface area contributed by atoms with Gasteiger partial charge in [0.15, 0.2) is 0 Å². The van der Waals surface area contributed by atoms with Gasteiger partial charge in [0.2, 0.25) is 0 Å². The Morgan fingerprint density at radius 3 is 2.50 bits per heavy atom. The zero-order valence-electron chi connectivity index (χ0n) is 16.2. The van der Waals surface area contributed by atoms with Gasteiger partial charge in [0.1, 0.15) is 0 Å². The van der Waals surface area contributed by atoms with E-state index in [2.05, 4.69) is 26.6 Å². The summed E-state index contributed by atoms with van der Waals surface area (Å²) >= 11 is 9.52. The number of hydrogen-bond acceptors (Lipinski definition) is 4. The second-order valence-corrected chi connectivity index (χ2v) is 7.85. The minimum Gasteiger partial charge on any atom is -0.468 e. The Kier molecular flexibility index (Phi) is 7.63. The maximum Gasteiger partial charge on any atom is 0.319 e. The Bertz CT molecular complexity index is 1040. The van der Waals surface area contributed by atoms with Crippen molar-refractivity contribution in [3.05, 3.63) is 99.0 Å². The minimum atomic E-state index is -0.379. The number of nitrogens with one attached hydrogen (secondary N) is 2. The zero-order chi connectivity index (χ0) is 21.5. The number of halogens is 2. The third kappa shape index (κ3) is 5.69. The highest BCUT2D eigenvalue weighted by Crippen LogP contribution is 2.31. The molecule has 154 valence electrons. The molecule has 7 heteroatoms. The molecule has 1 atom stereocenters. The predicted molar refractivity (Wildman–Crippen MR) is 122 cm³/mol. The Hall–Kier alpha value is -2.67. The van der Waals surface area contributed by atoms with Gasteiger partial charge in [-0.3, -0.25) is 14.9 Å². The Morgan fingerprint density at radius 2 is 1.80 bits per heavy atom. The summed E-state index contributed by atoms with van der Waals surface area (Å²) in [6, 6.07) is 21.7. The lowest BCUT2D eigenvalue weighted by molar-refractivity contribution is -0.139. The number of anilines is 1. The molecule has 3 aromatic carbocycles. The number of carbonyl (C=O) groups is 2. The van der Waals surface area contributed by atoms with Crippen molar-refractivity contribution in [2.75, 3.05) is 19.0 Å². The van der Waals surface area contributed by atoms with E-state index in [9.17, 15) is 9.59 Å². The summed E-state index contributed by atoms with van der Waals surface area (Å²) in [5.74, 6) is -0.656. The monoisotopic (exact) mass is 486 g/mol. The van der Waals surface area contributed by atoms with Crippen molar-refractivity contribution in [1.29, 1.82) is 0 Å². The molecular formula is C23H20BrClN2O3. The van der Waals surface area contributed by atoms with Crippen LogP contribution in [0.4, 0.5) is 5.69 Å². The van der Waals surface area contributed by atoms with Crippen LogP contribution in [0.1, 0.15) is 27.5 Å². The number of amides is 1. The first-order valence-corrected chi connectivity index (χ1v) is 10.4. The first-order valence-electron chi connectivity index (χ1n) is 9.19. The second-order valence-electron chi connectivity index (χ2n) is 6.50.